The van der Waals surface area contributed by atoms with Crippen LogP contribution in [0, 0.1) is 25.2 Å². The summed E-state index contributed by atoms with van der Waals surface area (Å²) in [5, 5.41) is 12.8. The molecule has 1 amide bonds. The second-order valence-corrected chi connectivity index (χ2v) is 6.34. The molecule has 2 aromatic carbocycles. The van der Waals surface area contributed by atoms with Crippen molar-refractivity contribution < 1.29 is 9.21 Å². The Bertz CT molecular complexity index is 962. The van der Waals surface area contributed by atoms with Gasteiger partial charge < -0.3 is 9.73 Å². The van der Waals surface area contributed by atoms with E-state index in [2.05, 4.69) is 11.4 Å². The molecule has 0 aliphatic rings. The molecule has 3 aromatic rings. The van der Waals surface area contributed by atoms with Crippen molar-refractivity contribution in [1.82, 2.24) is 5.32 Å². The molecule has 0 aliphatic heterocycles. The van der Waals surface area contributed by atoms with Gasteiger partial charge in [-0.15, -0.1) is 0 Å². The van der Waals surface area contributed by atoms with Crippen LogP contribution in [0.2, 0.25) is 0 Å². The summed E-state index contributed by atoms with van der Waals surface area (Å²) in [7, 11) is 0. The summed E-state index contributed by atoms with van der Waals surface area (Å²) in [4.78, 5) is 12.4. The van der Waals surface area contributed by atoms with Crippen LogP contribution in [0.4, 0.5) is 0 Å². The Kier molecular flexibility index (Phi) is 4.58. The van der Waals surface area contributed by atoms with Crippen molar-refractivity contribution >= 4 is 16.9 Å². The van der Waals surface area contributed by atoms with Gasteiger partial charge >= 0.3 is 0 Å². The van der Waals surface area contributed by atoms with E-state index in [-0.39, 0.29) is 18.4 Å². The molecule has 3 rings (SSSR count). The lowest BCUT2D eigenvalue weighted by Crippen LogP contribution is -2.28. The Morgan fingerprint density at radius 3 is 2.60 bits per heavy atom. The quantitative estimate of drug-likeness (QED) is 0.773. The van der Waals surface area contributed by atoms with Crippen molar-refractivity contribution in [3.05, 3.63) is 70.5 Å². The van der Waals surface area contributed by atoms with Crippen molar-refractivity contribution in [3.63, 3.8) is 0 Å². The third-order valence-corrected chi connectivity index (χ3v) is 4.61. The van der Waals surface area contributed by atoms with Gasteiger partial charge in [0.25, 0.3) is 0 Å². The molecule has 0 bridgehead atoms. The molecular formula is C21H20N2O2. The van der Waals surface area contributed by atoms with E-state index in [1.807, 2.05) is 45.0 Å². The first-order chi connectivity index (χ1) is 12.0. The topological polar surface area (TPSA) is 66.0 Å². The van der Waals surface area contributed by atoms with Gasteiger partial charge in [-0.1, -0.05) is 24.3 Å². The highest BCUT2D eigenvalue weighted by Crippen LogP contribution is 2.27. The van der Waals surface area contributed by atoms with Crippen LogP contribution in [-0.4, -0.2) is 5.91 Å². The van der Waals surface area contributed by atoms with E-state index in [4.69, 9.17) is 9.68 Å². The van der Waals surface area contributed by atoms with E-state index < -0.39 is 0 Å². The van der Waals surface area contributed by atoms with Gasteiger partial charge in [0.1, 0.15) is 5.58 Å². The number of furan rings is 1. The number of nitrogens with one attached hydrogen (secondary N) is 1. The number of hydrogen-bond acceptors (Lipinski definition) is 3. The lowest BCUT2D eigenvalue weighted by molar-refractivity contribution is -0.121. The van der Waals surface area contributed by atoms with Crippen LogP contribution >= 0.6 is 0 Å². The van der Waals surface area contributed by atoms with Crippen LogP contribution in [0.3, 0.4) is 0 Å². The van der Waals surface area contributed by atoms with E-state index in [0.717, 1.165) is 27.7 Å². The lowest BCUT2D eigenvalue weighted by atomic mass is 10.0. The van der Waals surface area contributed by atoms with E-state index in [1.54, 1.807) is 18.4 Å². The molecule has 0 saturated carbocycles. The molecule has 1 atom stereocenters. The summed E-state index contributed by atoms with van der Waals surface area (Å²) in [5.41, 5.74) is 5.60. The highest BCUT2D eigenvalue weighted by Gasteiger charge is 2.15. The lowest BCUT2D eigenvalue weighted by Gasteiger charge is -2.14. The highest BCUT2D eigenvalue weighted by atomic mass is 16.3. The Morgan fingerprint density at radius 1 is 1.20 bits per heavy atom. The van der Waals surface area contributed by atoms with Crippen LogP contribution < -0.4 is 5.32 Å². The zero-order valence-corrected chi connectivity index (χ0v) is 14.6. The predicted molar refractivity (Wildman–Crippen MR) is 97.1 cm³/mol. The normalized spacial score (nSPS) is 11.9. The zero-order chi connectivity index (χ0) is 18.0. The first-order valence-corrected chi connectivity index (χ1v) is 8.25. The minimum Gasteiger partial charge on any atom is -0.464 e. The van der Waals surface area contributed by atoms with E-state index in [1.165, 1.54) is 5.56 Å². The number of fused-ring (bicyclic) bond motifs is 1. The smallest absolute Gasteiger partial charge is 0.225 e. The standard InChI is InChI=1S/C21H20N2O2/c1-13-4-9-19-18(12-25-21(19)14(13)2)10-20(24)23-15(3)17-7-5-16(11-22)6-8-17/h4-9,12,15H,10H2,1-3H3,(H,23,24). The number of carbonyl (C=O) groups is 1. The predicted octanol–water partition coefficient (Wildman–Crippen LogP) is 4.34. The largest absolute Gasteiger partial charge is 0.464 e. The molecule has 1 aromatic heterocycles. The number of carbonyl (C=O) groups excluding carboxylic acids is 1. The molecule has 4 nitrogen and oxygen atoms in total. The molecular weight excluding hydrogens is 312 g/mol. The monoisotopic (exact) mass is 332 g/mol. The molecule has 1 N–H and O–H groups in total. The third-order valence-electron chi connectivity index (χ3n) is 4.61. The number of nitriles is 1. The van der Waals surface area contributed by atoms with Gasteiger partial charge in [0.05, 0.1) is 30.4 Å². The number of nitrogens with zero attached hydrogens (tertiary/aromatic N) is 1. The molecule has 0 saturated heterocycles. The molecule has 126 valence electrons. The summed E-state index contributed by atoms with van der Waals surface area (Å²) in [5.74, 6) is -0.0576. The average molecular weight is 332 g/mol. The summed E-state index contributed by atoms with van der Waals surface area (Å²) >= 11 is 0. The second-order valence-electron chi connectivity index (χ2n) is 6.34. The van der Waals surface area contributed by atoms with Crippen LogP contribution in [0.1, 0.15) is 40.8 Å². The van der Waals surface area contributed by atoms with Crippen molar-refractivity contribution in [1.29, 1.82) is 5.26 Å². The van der Waals surface area contributed by atoms with Crippen LogP contribution in [0.25, 0.3) is 11.0 Å². The molecule has 0 fully saturated rings. The van der Waals surface area contributed by atoms with Crippen LogP contribution in [0.15, 0.2) is 47.1 Å². The van der Waals surface area contributed by atoms with Crippen LogP contribution in [0.5, 0.6) is 0 Å². The number of benzene rings is 2. The Hall–Kier alpha value is -3.06. The summed E-state index contributed by atoms with van der Waals surface area (Å²) in [6.45, 7) is 6.00. The Labute approximate surface area is 147 Å². The maximum Gasteiger partial charge on any atom is 0.225 e. The van der Waals surface area contributed by atoms with Crippen molar-refractivity contribution in [3.8, 4) is 6.07 Å². The minimum absolute atomic E-state index is 0.0576. The van der Waals surface area contributed by atoms with E-state index in [9.17, 15) is 4.79 Å². The Balaban J connectivity index is 1.72. The second kappa shape index (κ2) is 6.82. The molecule has 1 heterocycles. The fourth-order valence-corrected chi connectivity index (χ4v) is 2.92. The first-order valence-electron chi connectivity index (χ1n) is 8.25. The molecule has 0 spiro atoms. The summed E-state index contributed by atoms with van der Waals surface area (Å²) in [6, 6.07) is 13.3. The van der Waals surface area contributed by atoms with Gasteiger partial charge in [0.15, 0.2) is 0 Å². The van der Waals surface area contributed by atoms with E-state index >= 15 is 0 Å². The fraction of sp³-hybridized carbons (Fsp3) is 0.238. The van der Waals surface area contributed by atoms with E-state index in [0.29, 0.717) is 5.56 Å². The molecule has 1 unspecified atom stereocenters. The van der Waals surface area contributed by atoms with Gasteiger partial charge in [0, 0.05) is 10.9 Å². The zero-order valence-electron chi connectivity index (χ0n) is 14.6. The van der Waals surface area contributed by atoms with Gasteiger partial charge in [-0.2, -0.15) is 5.26 Å². The SMILES string of the molecule is Cc1ccc2c(CC(=O)NC(C)c3ccc(C#N)cc3)coc2c1C. The molecule has 25 heavy (non-hydrogen) atoms. The minimum atomic E-state index is -0.123. The van der Waals surface area contributed by atoms with Crippen molar-refractivity contribution in [2.75, 3.05) is 0 Å². The number of hydrogen-bond donors (Lipinski definition) is 1. The van der Waals surface area contributed by atoms with Crippen molar-refractivity contribution in [2.24, 2.45) is 0 Å². The van der Waals surface area contributed by atoms with Crippen LogP contribution in [-0.2, 0) is 11.2 Å². The van der Waals surface area contributed by atoms with Crippen molar-refractivity contribution in [2.45, 2.75) is 33.2 Å². The molecule has 4 heteroatoms. The van der Waals surface area contributed by atoms with Gasteiger partial charge in [-0.05, 0) is 49.6 Å². The maximum atomic E-state index is 12.4. The molecule has 0 radical (unpaired) electrons. The number of rotatable bonds is 4. The number of aryl methyl sites for hydroxylation is 2. The third kappa shape index (κ3) is 3.41. The average Bonchev–Trinajstić information content (AvgIpc) is 3.01. The van der Waals surface area contributed by atoms with Gasteiger partial charge in [-0.3, -0.25) is 4.79 Å². The fourth-order valence-electron chi connectivity index (χ4n) is 2.92. The first kappa shape index (κ1) is 16.8. The van der Waals surface area contributed by atoms with Gasteiger partial charge in [-0.25, -0.2) is 0 Å². The Morgan fingerprint density at radius 2 is 1.92 bits per heavy atom. The number of amides is 1. The maximum absolute atomic E-state index is 12.4. The molecule has 0 aliphatic carbocycles. The van der Waals surface area contributed by atoms with Gasteiger partial charge in [0.2, 0.25) is 5.91 Å². The summed E-state index contributed by atoms with van der Waals surface area (Å²) in [6.07, 6.45) is 1.94. The summed E-state index contributed by atoms with van der Waals surface area (Å²) < 4.78 is 5.67. The highest BCUT2D eigenvalue weighted by molar-refractivity contribution is 5.89.